The zero-order valence-electron chi connectivity index (χ0n) is 14.0. The minimum Gasteiger partial charge on any atom is -0.445 e. The summed E-state index contributed by atoms with van der Waals surface area (Å²) in [5.41, 5.74) is 0.895. The van der Waals surface area contributed by atoms with Gasteiger partial charge in [0.1, 0.15) is 11.9 Å². The quantitative estimate of drug-likeness (QED) is 0.877. The van der Waals surface area contributed by atoms with Gasteiger partial charge in [0.15, 0.2) is 17.8 Å². The van der Waals surface area contributed by atoms with Crippen LogP contribution < -0.4 is 10.2 Å². The normalized spacial score (nSPS) is 17.0. The van der Waals surface area contributed by atoms with Gasteiger partial charge < -0.3 is 19.4 Å². The van der Waals surface area contributed by atoms with Gasteiger partial charge in [-0.05, 0) is 38.8 Å². The Bertz CT molecular complexity index is 673. The first-order chi connectivity index (χ1) is 11.7. The summed E-state index contributed by atoms with van der Waals surface area (Å²) in [5, 5.41) is 2.81. The number of amides is 1. The highest BCUT2D eigenvalue weighted by molar-refractivity contribution is 6.03. The molecule has 7 nitrogen and oxygen atoms in total. The van der Waals surface area contributed by atoms with Crippen molar-refractivity contribution in [3.8, 4) is 0 Å². The molecule has 2 aromatic rings. The molecule has 1 unspecified atom stereocenters. The lowest BCUT2D eigenvalue weighted by Gasteiger charge is -2.19. The smallest absolute Gasteiger partial charge is 0.278 e. The molecule has 3 heterocycles. The van der Waals surface area contributed by atoms with E-state index in [-0.39, 0.29) is 17.7 Å². The van der Waals surface area contributed by atoms with Gasteiger partial charge in [-0.3, -0.25) is 4.79 Å². The van der Waals surface area contributed by atoms with Gasteiger partial charge in [0.2, 0.25) is 0 Å². The lowest BCUT2D eigenvalue weighted by Crippen LogP contribution is -2.23. The highest BCUT2D eigenvalue weighted by Crippen LogP contribution is 2.30. The van der Waals surface area contributed by atoms with E-state index in [1.165, 1.54) is 6.39 Å². The van der Waals surface area contributed by atoms with Crippen LogP contribution in [0.1, 0.15) is 49.0 Å². The summed E-state index contributed by atoms with van der Waals surface area (Å²) in [6.07, 6.45) is 4.56. The van der Waals surface area contributed by atoms with Gasteiger partial charge in [-0.2, -0.15) is 0 Å². The highest BCUT2D eigenvalue weighted by atomic mass is 16.5. The van der Waals surface area contributed by atoms with Crippen molar-refractivity contribution in [2.45, 2.75) is 32.8 Å². The van der Waals surface area contributed by atoms with Gasteiger partial charge in [-0.25, -0.2) is 9.97 Å². The number of nitrogens with one attached hydrogen (secondary N) is 1. The molecule has 0 saturated carbocycles. The first-order valence-electron chi connectivity index (χ1n) is 8.30. The first-order valence-corrected chi connectivity index (χ1v) is 8.30. The number of hydrogen-bond acceptors (Lipinski definition) is 6. The fourth-order valence-electron chi connectivity index (χ4n) is 2.82. The van der Waals surface area contributed by atoms with Crippen molar-refractivity contribution in [2.24, 2.45) is 0 Å². The molecule has 24 heavy (non-hydrogen) atoms. The Morgan fingerprint density at radius 2 is 2.17 bits per heavy atom. The number of anilines is 2. The average Bonchev–Trinajstić information content (AvgIpc) is 3.28. The molecule has 1 amide bonds. The Hall–Kier alpha value is -2.41. The molecule has 0 spiro atoms. The Labute approximate surface area is 141 Å². The minimum atomic E-state index is -0.313. The number of aromatic nitrogens is 2. The lowest BCUT2D eigenvalue weighted by molar-refractivity contribution is 0.0889. The van der Waals surface area contributed by atoms with Crippen molar-refractivity contribution in [1.82, 2.24) is 9.97 Å². The monoisotopic (exact) mass is 330 g/mol. The molecule has 128 valence electrons. The Morgan fingerprint density at radius 1 is 1.33 bits per heavy atom. The van der Waals surface area contributed by atoms with Crippen LogP contribution in [0.15, 0.2) is 29.1 Å². The van der Waals surface area contributed by atoms with Crippen molar-refractivity contribution in [1.29, 1.82) is 0 Å². The second-order valence-electron chi connectivity index (χ2n) is 5.60. The molecular weight excluding hydrogens is 308 g/mol. The highest BCUT2D eigenvalue weighted by Gasteiger charge is 2.28. The fraction of sp³-hybridized carbons (Fsp3) is 0.471. The van der Waals surface area contributed by atoms with Crippen LogP contribution in [-0.2, 0) is 4.74 Å². The molecule has 1 N–H and O–H groups in total. The molecule has 1 fully saturated rings. The number of nitrogens with zero attached hydrogens (tertiary/aromatic N) is 3. The van der Waals surface area contributed by atoms with Crippen LogP contribution in [0.25, 0.3) is 0 Å². The van der Waals surface area contributed by atoms with Gasteiger partial charge in [0, 0.05) is 19.7 Å². The third-order valence-corrected chi connectivity index (χ3v) is 4.13. The first kappa shape index (κ1) is 16.4. The van der Waals surface area contributed by atoms with Crippen LogP contribution in [0.2, 0.25) is 0 Å². The predicted octanol–water partition coefficient (Wildman–Crippen LogP) is 3.02. The third kappa shape index (κ3) is 3.41. The summed E-state index contributed by atoms with van der Waals surface area (Å²) in [4.78, 5) is 23.0. The van der Waals surface area contributed by atoms with E-state index < -0.39 is 0 Å². The second-order valence-corrected chi connectivity index (χ2v) is 5.60. The van der Waals surface area contributed by atoms with Crippen molar-refractivity contribution in [3.63, 3.8) is 0 Å². The average molecular weight is 330 g/mol. The van der Waals surface area contributed by atoms with Gasteiger partial charge in [0.25, 0.3) is 5.91 Å². The summed E-state index contributed by atoms with van der Waals surface area (Å²) in [5.74, 6) is 1.07. The summed E-state index contributed by atoms with van der Waals surface area (Å²) in [6, 6.07) is 3.73. The van der Waals surface area contributed by atoms with Crippen LogP contribution >= 0.6 is 0 Å². The van der Waals surface area contributed by atoms with Crippen LogP contribution in [0.4, 0.5) is 11.5 Å². The number of oxazole rings is 1. The van der Waals surface area contributed by atoms with E-state index in [9.17, 15) is 4.79 Å². The Morgan fingerprint density at radius 3 is 2.79 bits per heavy atom. The largest absolute Gasteiger partial charge is 0.445 e. The van der Waals surface area contributed by atoms with E-state index in [2.05, 4.69) is 34.0 Å². The molecule has 1 atom stereocenters. The molecule has 3 rings (SSSR count). The Balaban J connectivity index is 1.70. The number of carbonyl (C=O) groups is 1. The van der Waals surface area contributed by atoms with Crippen molar-refractivity contribution in [3.05, 3.63) is 36.2 Å². The van der Waals surface area contributed by atoms with Gasteiger partial charge in [-0.1, -0.05) is 0 Å². The van der Waals surface area contributed by atoms with Crippen molar-refractivity contribution >= 4 is 17.4 Å². The van der Waals surface area contributed by atoms with Crippen LogP contribution in [0.5, 0.6) is 0 Å². The molecule has 1 aliphatic heterocycles. The van der Waals surface area contributed by atoms with Crippen LogP contribution in [-0.4, -0.2) is 35.6 Å². The van der Waals surface area contributed by atoms with Crippen LogP contribution in [0.3, 0.4) is 0 Å². The molecule has 0 aromatic carbocycles. The van der Waals surface area contributed by atoms with E-state index >= 15 is 0 Å². The molecule has 1 saturated heterocycles. The lowest BCUT2D eigenvalue weighted by atomic mass is 10.1. The van der Waals surface area contributed by atoms with Gasteiger partial charge in [-0.15, -0.1) is 0 Å². The molecule has 1 aliphatic rings. The minimum absolute atomic E-state index is 0.184. The van der Waals surface area contributed by atoms with E-state index in [1.54, 1.807) is 6.20 Å². The molecule has 2 aromatic heterocycles. The van der Waals surface area contributed by atoms with Gasteiger partial charge in [0.05, 0.1) is 11.9 Å². The molecule has 0 radical (unpaired) electrons. The zero-order valence-corrected chi connectivity index (χ0v) is 14.0. The van der Waals surface area contributed by atoms with E-state index in [0.29, 0.717) is 18.1 Å². The molecule has 0 bridgehead atoms. The van der Waals surface area contributed by atoms with E-state index in [4.69, 9.17) is 9.15 Å². The fourth-order valence-corrected chi connectivity index (χ4v) is 2.82. The maximum absolute atomic E-state index is 12.5. The molecule has 0 aliphatic carbocycles. The van der Waals surface area contributed by atoms with E-state index in [0.717, 1.165) is 31.7 Å². The predicted molar refractivity (Wildman–Crippen MR) is 90.2 cm³/mol. The number of carbonyl (C=O) groups excluding carboxylic acids is 1. The summed E-state index contributed by atoms with van der Waals surface area (Å²) in [6.45, 7) is 6.62. The van der Waals surface area contributed by atoms with Gasteiger partial charge >= 0.3 is 0 Å². The topological polar surface area (TPSA) is 80.5 Å². The summed E-state index contributed by atoms with van der Waals surface area (Å²) < 4.78 is 10.9. The van der Waals surface area contributed by atoms with Crippen molar-refractivity contribution in [2.75, 3.05) is 29.9 Å². The van der Waals surface area contributed by atoms with Crippen molar-refractivity contribution < 1.29 is 13.9 Å². The number of ether oxygens (including phenoxy) is 1. The van der Waals surface area contributed by atoms with E-state index in [1.807, 2.05) is 12.1 Å². The Kier molecular flexibility index (Phi) is 5.10. The number of rotatable bonds is 6. The van der Waals surface area contributed by atoms with Crippen LogP contribution in [0, 0.1) is 0 Å². The molecule has 7 heteroatoms. The third-order valence-electron chi connectivity index (χ3n) is 4.13. The maximum atomic E-state index is 12.5. The maximum Gasteiger partial charge on any atom is 0.278 e. The molecular formula is C17H22N4O3. The number of pyridine rings is 1. The standard InChI is InChI=1S/C17H22N4O3/c1-3-21(4-2)14-8-7-12(10-18-14)20-17(22)15-16(24-11-19-15)13-6-5-9-23-13/h7-8,10-11,13H,3-6,9H2,1-2H3,(H,20,22). The number of hydrogen-bond donors (Lipinski definition) is 1. The summed E-state index contributed by atoms with van der Waals surface area (Å²) >= 11 is 0. The SMILES string of the molecule is CCN(CC)c1ccc(NC(=O)c2ncoc2C2CCCO2)cn1. The summed E-state index contributed by atoms with van der Waals surface area (Å²) in [7, 11) is 0. The second kappa shape index (κ2) is 7.44. The zero-order chi connectivity index (χ0) is 16.9.